The Bertz CT molecular complexity index is 907. The molecule has 1 aliphatic heterocycles. The van der Waals surface area contributed by atoms with E-state index in [-0.39, 0.29) is 24.9 Å². The molecule has 162 valence electrons. The van der Waals surface area contributed by atoms with E-state index in [2.05, 4.69) is 15.2 Å². The van der Waals surface area contributed by atoms with Crippen LogP contribution in [0.15, 0.2) is 30.5 Å². The smallest absolute Gasteiger partial charge is 0.367 e. The second-order valence-electron chi connectivity index (χ2n) is 8.01. The van der Waals surface area contributed by atoms with Crippen molar-refractivity contribution in [2.45, 2.75) is 37.9 Å². The molecule has 30 heavy (non-hydrogen) atoms. The Morgan fingerprint density at radius 1 is 1.07 bits per heavy atom. The molecule has 2 aliphatic rings. The maximum Gasteiger partial charge on any atom is 0.391 e. The number of benzene rings is 1. The number of nitrogens with zero attached hydrogens (tertiary/aromatic N) is 3. The molecule has 1 aromatic carbocycles. The summed E-state index contributed by atoms with van der Waals surface area (Å²) in [6.45, 7) is 2.47. The van der Waals surface area contributed by atoms with Crippen LogP contribution >= 0.6 is 11.6 Å². The number of halogens is 4. The number of pyridine rings is 1. The van der Waals surface area contributed by atoms with Gasteiger partial charge in [0.2, 0.25) is 0 Å². The zero-order valence-corrected chi connectivity index (χ0v) is 17.2. The fraction of sp³-hybridized carbons (Fsp3) is 0.524. The molecule has 1 saturated carbocycles. The number of urea groups is 1. The SMILES string of the molecule is O=C(NC1CCC(C(F)(F)F)CC1)N1CCN(c2ccnc3cc(Cl)ccc23)CC1. The van der Waals surface area contributed by atoms with Crippen LogP contribution < -0.4 is 10.2 Å². The van der Waals surface area contributed by atoms with E-state index in [1.54, 1.807) is 11.1 Å². The molecule has 2 aromatic rings. The van der Waals surface area contributed by atoms with E-state index in [1.807, 2.05) is 24.3 Å². The highest BCUT2D eigenvalue weighted by Crippen LogP contribution is 2.37. The van der Waals surface area contributed by atoms with Crippen molar-refractivity contribution in [1.29, 1.82) is 0 Å². The van der Waals surface area contributed by atoms with Crippen molar-refractivity contribution in [2.75, 3.05) is 31.1 Å². The lowest BCUT2D eigenvalue weighted by atomic mass is 9.85. The van der Waals surface area contributed by atoms with Crippen LogP contribution in [0.1, 0.15) is 25.7 Å². The number of fused-ring (bicyclic) bond motifs is 1. The quantitative estimate of drug-likeness (QED) is 0.726. The third-order valence-corrected chi connectivity index (χ3v) is 6.34. The van der Waals surface area contributed by atoms with Gasteiger partial charge in [0.15, 0.2) is 0 Å². The fourth-order valence-electron chi connectivity index (χ4n) is 4.36. The molecule has 1 aliphatic carbocycles. The van der Waals surface area contributed by atoms with Gasteiger partial charge in [0.1, 0.15) is 0 Å². The molecular weight excluding hydrogens is 417 g/mol. The average molecular weight is 441 g/mol. The van der Waals surface area contributed by atoms with Crippen LogP contribution in [-0.2, 0) is 0 Å². The molecule has 9 heteroatoms. The number of aromatic nitrogens is 1. The molecule has 2 fully saturated rings. The first-order valence-electron chi connectivity index (χ1n) is 10.2. The van der Waals surface area contributed by atoms with Crippen molar-refractivity contribution in [3.63, 3.8) is 0 Å². The number of hydrogen-bond donors (Lipinski definition) is 1. The Balaban J connectivity index is 1.31. The van der Waals surface area contributed by atoms with E-state index in [4.69, 9.17) is 11.6 Å². The highest BCUT2D eigenvalue weighted by atomic mass is 35.5. The largest absolute Gasteiger partial charge is 0.391 e. The molecule has 2 heterocycles. The highest BCUT2D eigenvalue weighted by molar-refractivity contribution is 6.31. The van der Waals surface area contributed by atoms with E-state index >= 15 is 0 Å². The number of anilines is 1. The second-order valence-corrected chi connectivity index (χ2v) is 8.44. The Morgan fingerprint density at radius 3 is 2.43 bits per heavy atom. The first kappa shape index (κ1) is 21.0. The van der Waals surface area contributed by atoms with Gasteiger partial charge in [0.05, 0.1) is 11.4 Å². The van der Waals surface area contributed by atoms with E-state index < -0.39 is 12.1 Å². The van der Waals surface area contributed by atoms with Crippen LogP contribution in [0.3, 0.4) is 0 Å². The predicted octanol–water partition coefficient (Wildman–Crippen LogP) is 4.84. The van der Waals surface area contributed by atoms with Crippen molar-refractivity contribution in [2.24, 2.45) is 5.92 Å². The fourth-order valence-corrected chi connectivity index (χ4v) is 4.53. The van der Waals surface area contributed by atoms with Gasteiger partial charge in [-0.2, -0.15) is 13.2 Å². The zero-order chi connectivity index (χ0) is 21.3. The molecule has 0 radical (unpaired) electrons. The summed E-state index contributed by atoms with van der Waals surface area (Å²) in [4.78, 5) is 20.9. The minimum Gasteiger partial charge on any atom is -0.367 e. The summed E-state index contributed by atoms with van der Waals surface area (Å²) in [5.41, 5.74) is 1.89. The van der Waals surface area contributed by atoms with Gasteiger partial charge < -0.3 is 15.1 Å². The molecule has 1 aromatic heterocycles. The van der Waals surface area contributed by atoms with Gasteiger partial charge in [-0.15, -0.1) is 0 Å². The van der Waals surface area contributed by atoms with E-state index in [1.165, 1.54) is 0 Å². The monoisotopic (exact) mass is 440 g/mol. The lowest BCUT2D eigenvalue weighted by molar-refractivity contribution is -0.182. The number of hydrogen-bond acceptors (Lipinski definition) is 3. The Labute approximate surface area is 178 Å². The predicted molar refractivity (Wildman–Crippen MR) is 111 cm³/mol. The van der Waals surface area contributed by atoms with Crippen molar-refractivity contribution in [3.05, 3.63) is 35.5 Å². The molecule has 0 spiro atoms. The molecule has 1 N–H and O–H groups in total. The van der Waals surface area contributed by atoms with Crippen LogP contribution in [-0.4, -0.2) is 54.3 Å². The van der Waals surface area contributed by atoms with Gasteiger partial charge in [0.25, 0.3) is 0 Å². The highest BCUT2D eigenvalue weighted by Gasteiger charge is 2.41. The van der Waals surface area contributed by atoms with Crippen LogP contribution in [0.5, 0.6) is 0 Å². The summed E-state index contributed by atoms with van der Waals surface area (Å²) in [5.74, 6) is -1.24. The summed E-state index contributed by atoms with van der Waals surface area (Å²) >= 11 is 6.06. The number of carbonyl (C=O) groups excluding carboxylic acids is 1. The molecular formula is C21H24ClF3N4O. The molecule has 2 amide bonds. The first-order valence-corrected chi connectivity index (χ1v) is 10.6. The van der Waals surface area contributed by atoms with Gasteiger partial charge >= 0.3 is 12.2 Å². The summed E-state index contributed by atoms with van der Waals surface area (Å²) in [7, 11) is 0. The van der Waals surface area contributed by atoms with Crippen LogP contribution in [0.25, 0.3) is 10.9 Å². The summed E-state index contributed by atoms with van der Waals surface area (Å²) in [6.07, 6.45) is -1.45. The minimum absolute atomic E-state index is 0.0847. The Hall–Kier alpha value is -2.22. The third-order valence-electron chi connectivity index (χ3n) is 6.11. The minimum atomic E-state index is -4.13. The third kappa shape index (κ3) is 4.58. The van der Waals surface area contributed by atoms with Crippen molar-refractivity contribution in [3.8, 4) is 0 Å². The topological polar surface area (TPSA) is 48.5 Å². The van der Waals surface area contributed by atoms with Crippen molar-refractivity contribution in [1.82, 2.24) is 15.2 Å². The second kappa shape index (κ2) is 8.49. The number of alkyl halides is 3. The average Bonchev–Trinajstić information content (AvgIpc) is 2.73. The van der Waals surface area contributed by atoms with Crippen LogP contribution in [0.2, 0.25) is 5.02 Å². The standard InChI is InChI=1S/C21H24ClF3N4O/c22-15-3-6-17-18(13-15)26-8-7-19(17)28-9-11-29(12-10-28)20(30)27-16-4-1-14(2-5-16)21(23,24)25/h3,6-8,13-14,16H,1-2,4-5,9-12H2,(H,27,30). The van der Waals surface area contributed by atoms with E-state index in [0.29, 0.717) is 44.0 Å². The van der Waals surface area contributed by atoms with Gasteiger partial charge in [-0.05, 0) is 49.9 Å². The number of nitrogens with one attached hydrogen (secondary N) is 1. The van der Waals surface area contributed by atoms with E-state index in [0.717, 1.165) is 16.6 Å². The molecule has 0 unspecified atom stereocenters. The maximum atomic E-state index is 12.8. The number of amides is 2. The van der Waals surface area contributed by atoms with Crippen molar-refractivity contribution < 1.29 is 18.0 Å². The van der Waals surface area contributed by atoms with Gasteiger partial charge in [-0.25, -0.2) is 4.79 Å². The molecule has 4 rings (SSSR count). The number of carbonyl (C=O) groups is 1. The van der Waals surface area contributed by atoms with Crippen LogP contribution in [0, 0.1) is 5.92 Å². The summed E-state index contributed by atoms with van der Waals surface area (Å²) in [6, 6.07) is 7.23. The Morgan fingerprint density at radius 2 is 1.77 bits per heavy atom. The Kier molecular flexibility index (Phi) is 5.95. The molecule has 0 bridgehead atoms. The number of piperazine rings is 1. The maximum absolute atomic E-state index is 12.8. The normalized spacial score (nSPS) is 22.9. The van der Waals surface area contributed by atoms with Gasteiger partial charge in [0, 0.05) is 54.5 Å². The molecule has 5 nitrogen and oxygen atoms in total. The first-order chi connectivity index (χ1) is 14.3. The lowest BCUT2D eigenvalue weighted by Gasteiger charge is -2.38. The zero-order valence-electron chi connectivity index (χ0n) is 16.5. The summed E-state index contributed by atoms with van der Waals surface area (Å²) in [5, 5.41) is 4.58. The summed E-state index contributed by atoms with van der Waals surface area (Å²) < 4.78 is 38.4. The van der Waals surface area contributed by atoms with Gasteiger partial charge in [-0.1, -0.05) is 11.6 Å². The molecule has 0 atom stereocenters. The molecule has 1 saturated heterocycles. The van der Waals surface area contributed by atoms with Gasteiger partial charge in [-0.3, -0.25) is 4.98 Å². The van der Waals surface area contributed by atoms with Crippen molar-refractivity contribution >= 4 is 34.2 Å². The number of rotatable bonds is 2. The lowest BCUT2D eigenvalue weighted by Crippen LogP contribution is -2.54. The van der Waals surface area contributed by atoms with E-state index in [9.17, 15) is 18.0 Å². The van der Waals surface area contributed by atoms with Crippen LogP contribution in [0.4, 0.5) is 23.7 Å².